The number of nitriles is 1. The van der Waals surface area contributed by atoms with Gasteiger partial charge in [0.25, 0.3) is 0 Å². The van der Waals surface area contributed by atoms with E-state index in [1.807, 2.05) is 0 Å². The molecule has 4 rings (SSSR count). The predicted octanol–water partition coefficient (Wildman–Crippen LogP) is 5.96. The van der Waals surface area contributed by atoms with Gasteiger partial charge in [0.2, 0.25) is 0 Å². The summed E-state index contributed by atoms with van der Waals surface area (Å²) < 4.78 is 31.7. The number of Topliss-reactive ketones (excluding diaryl/α,β-unsaturated/α-hetero) is 1. The van der Waals surface area contributed by atoms with E-state index in [-0.39, 0.29) is 29.8 Å². The highest BCUT2D eigenvalue weighted by Gasteiger charge is 2.11. The number of hydrogen-bond acceptors (Lipinski definition) is 6. The van der Waals surface area contributed by atoms with E-state index >= 15 is 0 Å². The molecule has 2 heterocycles. The summed E-state index contributed by atoms with van der Waals surface area (Å²) in [5, 5.41) is 10.1. The Bertz CT molecular complexity index is 1250. The van der Waals surface area contributed by atoms with Crippen LogP contribution in [-0.2, 0) is 4.74 Å². The highest BCUT2D eigenvalue weighted by Crippen LogP contribution is 2.27. The molecule has 0 amide bonds. The fourth-order valence-electron chi connectivity index (χ4n) is 2.51. The van der Waals surface area contributed by atoms with Crippen molar-refractivity contribution in [3.63, 3.8) is 0 Å². The van der Waals surface area contributed by atoms with Crippen LogP contribution in [0.25, 0.3) is 20.2 Å². The van der Waals surface area contributed by atoms with Gasteiger partial charge in [-0.25, -0.2) is 13.6 Å². The molecule has 4 aromatic rings. The number of benzene rings is 2. The van der Waals surface area contributed by atoms with Gasteiger partial charge in [0.1, 0.15) is 16.5 Å². The maximum atomic E-state index is 12.9. The van der Waals surface area contributed by atoms with E-state index in [1.54, 1.807) is 30.3 Å². The van der Waals surface area contributed by atoms with Gasteiger partial charge in [0.15, 0.2) is 5.78 Å². The first-order chi connectivity index (χ1) is 13.9. The number of rotatable bonds is 3. The van der Waals surface area contributed by atoms with Crippen LogP contribution in [-0.4, -0.2) is 18.9 Å². The molecular weight excluding hydrogens is 416 g/mol. The lowest BCUT2D eigenvalue weighted by Gasteiger charge is -1.90. The first-order valence-corrected chi connectivity index (χ1v) is 9.91. The van der Waals surface area contributed by atoms with Crippen molar-refractivity contribution in [1.29, 1.82) is 5.26 Å². The van der Waals surface area contributed by atoms with Crippen molar-refractivity contribution in [3.05, 3.63) is 69.9 Å². The molecule has 146 valence electrons. The van der Waals surface area contributed by atoms with E-state index in [4.69, 9.17) is 5.26 Å². The summed E-state index contributed by atoms with van der Waals surface area (Å²) in [4.78, 5) is 23.6. The van der Waals surface area contributed by atoms with Crippen LogP contribution in [0.1, 0.15) is 25.8 Å². The van der Waals surface area contributed by atoms with E-state index in [1.165, 1.54) is 54.0 Å². The fourth-order valence-corrected chi connectivity index (χ4v) is 4.54. The Kier molecular flexibility index (Phi) is 6.32. The van der Waals surface area contributed by atoms with Gasteiger partial charge in [-0.1, -0.05) is 12.1 Å². The van der Waals surface area contributed by atoms with Crippen LogP contribution in [0.4, 0.5) is 8.78 Å². The van der Waals surface area contributed by atoms with Crippen LogP contribution >= 0.6 is 22.7 Å². The number of nitrogens with zero attached hydrogens (tertiary/aromatic N) is 1. The monoisotopic (exact) mass is 429 g/mol. The number of ketones is 1. The molecule has 8 heteroatoms. The summed E-state index contributed by atoms with van der Waals surface area (Å²) in [6.07, 6.45) is -0.130. The van der Waals surface area contributed by atoms with Crippen LogP contribution in [0.3, 0.4) is 0 Å². The number of methoxy groups -OCH3 is 1. The van der Waals surface area contributed by atoms with Gasteiger partial charge in [-0.3, -0.25) is 4.79 Å². The minimum Gasteiger partial charge on any atom is -0.465 e. The molecule has 2 aromatic heterocycles. The Hall–Kier alpha value is -3.15. The number of hydrogen-bond donors (Lipinski definition) is 0. The molecule has 0 spiro atoms. The van der Waals surface area contributed by atoms with E-state index in [9.17, 15) is 18.4 Å². The molecule has 0 radical (unpaired) electrons. The molecule has 0 bridgehead atoms. The minimum absolute atomic E-state index is 0.130. The molecule has 0 atom stereocenters. The smallest absolute Gasteiger partial charge is 0.348 e. The van der Waals surface area contributed by atoms with Gasteiger partial charge in [-0.15, -0.1) is 22.7 Å². The summed E-state index contributed by atoms with van der Waals surface area (Å²) in [6.45, 7) is 0. The molecular formula is C21H13F2NO3S2. The third-order valence-corrected chi connectivity index (χ3v) is 6.08. The average molecular weight is 429 g/mol. The minimum atomic E-state index is -0.383. The Morgan fingerprint density at radius 1 is 0.931 bits per heavy atom. The van der Waals surface area contributed by atoms with Crippen LogP contribution in [0.2, 0.25) is 0 Å². The van der Waals surface area contributed by atoms with E-state index < -0.39 is 0 Å². The van der Waals surface area contributed by atoms with Gasteiger partial charge < -0.3 is 4.74 Å². The molecule has 2 aromatic carbocycles. The Morgan fingerprint density at radius 3 is 1.97 bits per heavy atom. The number of fused-ring (bicyclic) bond motifs is 2. The van der Waals surface area contributed by atoms with Gasteiger partial charge >= 0.3 is 5.97 Å². The van der Waals surface area contributed by atoms with Crippen molar-refractivity contribution in [2.45, 2.75) is 6.42 Å². The summed E-state index contributed by atoms with van der Waals surface area (Å²) >= 11 is 2.45. The topological polar surface area (TPSA) is 67.2 Å². The van der Waals surface area contributed by atoms with Crippen molar-refractivity contribution in [3.8, 4) is 6.07 Å². The maximum Gasteiger partial charge on any atom is 0.348 e. The number of thiophene rings is 2. The average Bonchev–Trinajstić information content (AvgIpc) is 3.31. The summed E-state index contributed by atoms with van der Waals surface area (Å²) in [5.41, 5.74) is 0. The SMILES string of the molecule is COC(=O)c1cc2ccc(F)cc2s1.N#CCC(=O)c1cc2ccc(F)cc2s1. The fraction of sp³-hybridized carbons (Fsp3) is 0.0952. The van der Waals surface area contributed by atoms with Gasteiger partial charge in [-0.05, 0) is 47.2 Å². The van der Waals surface area contributed by atoms with Crippen molar-refractivity contribution >= 4 is 54.6 Å². The van der Waals surface area contributed by atoms with Crippen LogP contribution in [0.15, 0.2) is 48.5 Å². The second kappa shape index (κ2) is 8.90. The highest BCUT2D eigenvalue weighted by atomic mass is 32.1. The van der Waals surface area contributed by atoms with Crippen molar-refractivity contribution < 1.29 is 23.1 Å². The van der Waals surface area contributed by atoms with Gasteiger partial charge in [0.05, 0.1) is 24.5 Å². The van der Waals surface area contributed by atoms with Gasteiger partial charge in [-0.2, -0.15) is 5.26 Å². The number of carbonyl (C=O) groups excluding carboxylic acids is 2. The second-order valence-corrected chi connectivity index (χ2v) is 8.00. The van der Waals surface area contributed by atoms with E-state index in [0.717, 1.165) is 20.2 Å². The number of ether oxygens (including phenoxy) is 1. The zero-order chi connectivity index (χ0) is 21.0. The lowest BCUT2D eigenvalue weighted by atomic mass is 10.2. The normalized spacial score (nSPS) is 10.3. The molecule has 0 unspecified atom stereocenters. The third-order valence-electron chi connectivity index (χ3n) is 3.87. The van der Waals surface area contributed by atoms with Crippen LogP contribution < -0.4 is 0 Å². The summed E-state index contributed by atoms with van der Waals surface area (Å²) in [6, 6.07) is 14.0. The summed E-state index contributed by atoms with van der Waals surface area (Å²) in [7, 11) is 1.33. The Labute approximate surface area is 172 Å². The maximum absolute atomic E-state index is 12.9. The molecule has 0 aliphatic rings. The molecule has 29 heavy (non-hydrogen) atoms. The first-order valence-electron chi connectivity index (χ1n) is 8.28. The van der Waals surface area contributed by atoms with E-state index in [2.05, 4.69) is 4.74 Å². The molecule has 0 aliphatic heterocycles. The molecule has 0 aliphatic carbocycles. The zero-order valence-corrected chi connectivity index (χ0v) is 16.7. The highest BCUT2D eigenvalue weighted by molar-refractivity contribution is 7.21. The first kappa shape index (κ1) is 20.6. The molecule has 4 nitrogen and oxygen atoms in total. The zero-order valence-electron chi connectivity index (χ0n) is 15.1. The number of halogens is 2. The van der Waals surface area contributed by atoms with Gasteiger partial charge in [0, 0.05) is 9.40 Å². The second-order valence-electron chi connectivity index (χ2n) is 5.84. The lowest BCUT2D eigenvalue weighted by Crippen LogP contribution is -1.96. The van der Waals surface area contributed by atoms with E-state index in [0.29, 0.717) is 9.75 Å². The van der Waals surface area contributed by atoms with Crippen molar-refractivity contribution in [2.24, 2.45) is 0 Å². The Balaban J connectivity index is 0.000000166. The third kappa shape index (κ3) is 4.83. The quantitative estimate of drug-likeness (QED) is 0.297. The number of esters is 1. The van der Waals surface area contributed by atoms with Crippen LogP contribution in [0.5, 0.6) is 0 Å². The summed E-state index contributed by atoms with van der Waals surface area (Å²) in [5.74, 6) is -1.20. The molecule has 0 fully saturated rings. The molecule has 0 saturated carbocycles. The Morgan fingerprint density at radius 2 is 1.45 bits per heavy atom. The largest absolute Gasteiger partial charge is 0.465 e. The molecule has 0 N–H and O–H groups in total. The van der Waals surface area contributed by atoms with Crippen LogP contribution in [0, 0.1) is 23.0 Å². The number of carbonyl (C=O) groups is 2. The predicted molar refractivity (Wildman–Crippen MR) is 109 cm³/mol. The molecule has 0 saturated heterocycles. The van der Waals surface area contributed by atoms with Crippen molar-refractivity contribution in [2.75, 3.05) is 7.11 Å². The lowest BCUT2D eigenvalue weighted by molar-refractivity contribution is 0.0606. The standard InChI is InChI=1S/C11H6FNOS.C10H7FO2S/c12-8-2-1-7-5-11(9(14)3-4-13)15-10(7)6-8;1-13-10(12)9-4-6-2-3-7(11)5-8(6)14-9/h1-2,5-6H,3H2;2-5H,1H3. The van der Waals surface area contributed by atoms with Crippen molar-refractivity contribution in [1.82, 2.24) is 0 Å².